The van der Waals surface area contributed by atoms with Gasteiger partial charge < -0.3 is 5.32 Å². The van der Waals surface area contributed by atoms with Crippen molar-refractivity contribution in [3.05, 3.63) is 59.7 Å². The number of fused-ring (bicyclic) bond motifs is 1. The average molecular weight is 282 g/mol. The molecule has 3 rings (SSSR count). The maximum absolute atomic E-state index is 13.6. The van der Waals surface area contributed by atoms with Crippen molar-refractivity contribution in [1.29, 1.82) is 0 Å². The molecule has 1 aromatic carbocycles. The van der Waals surface area contributed by atoms with Gasteiger partial charge in [-0.15, -0.1) is 0 Å². The minimum Gasteiger partial charge on any atom is -0.363 e. The van der Waals surface area contributed by atoms with Gasteiger partial charge in [-0.05, 0) is 43.2 Å². The van der Waals surface area contributed by atoms with E-state index in [0.29, 0.717) is 17.0 Å². The lowest BCUT2D eigenvalue weighted by molar-refractivity contribution is 0.614. The van der Waals surface area contributed by atoms with Crippen molar-refractivity contribution >= 4 is 17.0 Å². The summed E-state index contributed by atoms with van der Waals surface area (Å²) in [5.74, 6) is 0.495. The van der Waals surface area contributed by atoms with Gasteiger partial charge in [0.25, 0.3) is 0 Å². The predicted molar refractivity (Wildman–Crippen MR) is 80.5 cm³/mol. The second-order valence-electron chi connectivity index (χ2n) is 4.97. The van der Waals surface area contributed by atoms with Crippen molar-refractivity contribution in [1.82, 2.24) is 15.0 Å². The van der Waals surface area contributed by atoms with Crippen LogP contribution in [0.3, 0.4) is 0 Å². The summed E-state index contributed by atoms with van der Waals surface area (Å²) in [6.07, 6.45) is 3.24. The molecule has 3 aromatic rings. The second-order valence-corrected chi connectivity index (χ2v) is 4.97. The highest BCUT2D eigenvalue weighted by Gasteiger charge is 2.09. The molecule has 0 aliphatic rings. The van der Waals surface area contributed by atoms with Gasteiger partial charge in [0, 0.05) is 12.4 Å². The van der Waals surface area contributed by atoms with Gasteiger partial charge in [0.1, 0.15) is 17.2 Å². The van der Waals surface area contributed by atoms with Crippen molar-refractivity contribution in [2.75, 3.05) is 5.32 Å². The van der Waals surface area contributed by atoms with Gasteiger partial charge in [-0.3, -0.25) is 4.98 Å². The molecule has 21 heavy (non-hydrogen) atoms. The summed E-state index contributed by atoms with van der Waals surface area (Å²) in [5.41, 5.74) is 2.85. The third-order valence-electron chi connectivity index (χ3n) is 3.39. The molecule has 0 radical (unpaired) electrons. The number of hydrogen-bond donors (Lipinski definition) is 1. The number of nitrogens with one attached hydrogen (secondary N) is 1. The molecule has 0 saturated carbocycles. The van der Waals surface area contributed by atoms with Crippen molar-refractivity contribution in [3.63, 3.8) is 0 Å². The van der Waals surface area contributed by atoms with E-state index in [0.717, 1.165) is 11.1 Å². The minimum atomic E-state index is -0.196. The topological polar surface area (TPSA) is 50.7 Å². The second kappa shape index (κ2) is 5.44. The Balaban J connectivity index is 1.85. The van der Waals surface area contributed by atoms with Crippen molar-refractivity contribution in [2.24, 2.45) is 0 Å². The maximum atomic E-state index is 13.6. The van der Waals surface area contributed by atoms with E-state index in [1.165, 1.54) is 0 Å². The third-order valence-corrected chi connectivity index (χ3v) is 3.39. The Hall–Kier alpha value is -2.56. The summed E-state index contributed by atoms with van der Waals surface area (Å²) in [5, 5.41) is 3.25. The largest absolute Gasteiger partial charge is 0.363 e. The summed E-state index contributed by atoms with van der Waals surface area (Å²) in [7, 11) is 0. The fraction of sp³-hybridized carbons (Fsp3) is 0.188. The summed E-state index contributed by atoms with van der Waals surface area (Å²) in [6.45, 7) is 3.72. The lowest BCUT2D eigenvalue weighted by atomic mass is 10.1. The highest BCUT2D eigenvalue weighted by molar-refractivity contribution is 5.71. The Morgan fingerprint density at radius 1 is 1.10 bits per heavy atom. The van der Waals surface area contributed by atoms with Crippen LogP contribution in [0, 0.1) is 12.7 Å². The summed E-state index contributed by atoms with van der Waals surface area (Å²) >= 11 is 0. The Morgan fingerprint density at radius 3 is 2.71 bits per heavy atom. The smallest absolute Gasteiger partial charge is 0.180 e. The Labute approximate surface area is 122 Å². The predicted octanol–water partition coefficient (Wildman–Crippen LogP) is 3.65. The number of rotatable bonds is 3. The van der Waals surface area contributed by atoms with E-state index in [9.17, 15) is 4.39 Å². The molecule has 2 heterocycles. The molecule has 0 fully saturated rings. The van der Waals surface area contributed by atoms with Gasteiger partial charge in [-0.25, -0.2) is 14.4 Å². The monoisotopic (exact) mass is 282 g/mol. The zero-order valence-electron chi connectivity index (χ0n) is 11.8. The van der Waals surface area contributed by atoms with Crippen LogP contribution in [0.15, 0.2) is 42.7 Å². The fourth-order valence-electron chi connectivity index (χ4n) is 2.12. The van der Waals surface area contributed by atoms with E-state index < -0.39 is 0 Å². The molecule has 1 atom stereocenters. The first-order valence-corrected chi connectivity index (χ1v) is 6.74. The minimum absolute atomic E-state index is 0.0540. The third kappa shape index (κ3) is 2.81. The van der Waals surface area contributed by atoms with Gasteiger partial charge in [0.05, 0.1) is 6.04 Å². The van der Waals surface area contributed by atoms with Crippen LogP contribution in [0.2, 0.25) is 0 Å². The van der Waals surface area contributed by atoms with E-state index >= 15 is 0 Å². The fourth-order valence-corrected chi connectivity index (χ4v) is 2.12. The van der Waals surface area contributed by atoms with Gasteiger partial charge >= 0.3 is 0 Å². The van der Waals surface area contributed by atoms with Crippen LogP contribution in [0.1, 0.15) is 24.1 Å². The van der Waals surface area contributed by atoms with E-state index in [4.69, 9.17) is 0 Å². The number of halogens is 1. The molecule has 5 heteroatoms. The number of pyridine rings is 1. The molecular weight excluding hydrogens is 267 g/mol. The Bertz CT molecular complexity index is 788. The van der Waals surface area contributed by atoms with Crippen LogP contribution in [-0.2, 0) is 0 Å². The van der Waals surface area contributed by atoms with E-state index in [1.54, 1.807) is 31.5 Å². The molecule has 106 valence electrons. The van der Waals surface area contributed by atoms with Gasteiger partial charge in [0.15, 0.2) is 5.65 Å². The molecule has 1 unspecified atom stereocenters. The normalized spacial score (nSPS) is 12.3. The van der Waals surface area contributed by atoms with Crippen LogP contribution in [-0.4, -0.2) is 15.0 Å². The SMILES string of the molecule is Cc1ccc(C(C)Nc2ccc3nccnc3n2)cc1F. The van der Waals surface area contributed by atoms with Crippen molar-refractivity contribution in [3.8, 4) is 0 Å². The highest BCUT2D eigenvalue weighted by atomic mass is 19.1. The van der Waals surface area contributed by atoms with Crippen molar-refractivity contribution in [2.45, 2.75) is 19.9 Å². The van der Waals surface area contributed by atoms with Gasteiger partial charge in [-0.1, -0.05) is 12.1 Å². The molecule has 0 bridgehead atoms. The number of nitrogens with zero attached hydrogens (tertiary/aromatic N) is 3. The zero-order valence-corrected chi connectivity index (χ0v) is 11.8. The average Bonchev–Trinajstić information content (AvgIpc) is 2.50. The van der Waals surface area contributed by atoms with E-state index in [1.807, 2.05) is 25.1 Å². The van der Waals surface area contributed by atoms with Crippen LogP contribution in [0.25, 0.3) is 11.2 Å². The molecule has 1 N–H and O–H groups in total. The molecule has 2 aromatic heterocycles. The maximum Gasteiger partial charge on any atom is 0.180 e. The summed E-state index contributed by atoms with van der Waals surface area (Å²) in [4.78, 5) is 12.8. The molecular formula is C16H15FN4. The number of aryl methyl sites for hydroxylation is 1. The summed E-state index contributed by atoms with van der Waals surface area (Å²) in [6, 6.07) is 8.90. The molecule has 0 amide bonds. The van der Waals surface area contributed by atoms with Crippen LogP contribution < -0.4 is 5.32 Å². The lowest BCUT2D eigenvalue weighted by Crippen LogP contribution is -2.08. The van der Waals surface area contributed by atoms with Gasteiger partial charge in [-0.2, -0.15) is 0 Å². The van der Waals surface area contributed by atoms with Gasteiger partial charge in [0.2, 0.25) is 0 Å². The van der Waals surface area contributed by atoms with E-state index in [2.05, 4.69) is 20.3 Å². The first-order chi connectivity index (χ1) is 10.1. The molecule has 0 aliphatic carbocycles. The Kier molecular flexibility index (Phi) is 3.48. The Morgan fingerprint density at radius 2 is 1.90 bits per heavy atom. The van der Waals surface area contributed by atoms with Crippen LogP contribution >= 0.6 is 0 Å². The molecule has 0 spiro atoms. The highest BCUT2D eigenvalue weighted by Crippen LogP contribution is 2.21. The molecule has 4 nitrogen and oxygen atoms in total. The lowest BCUT2D eigenvalue weighted by Gasteiger charge is -2.15. The first-order valence-electron chi connectivity index (χ1n) is 6.74. The number of hydrogen-bond acceptors (Lipinski definition) is 4. The van der Waals surface area contributed by atoms with E-state index in [-0.39, 0.29) is 11.9 Å². The van der Waals surface area contributed by atoms with Crippen LogP contribution in [0.4, 0.5) is 10.2 Å². The quantitative estimate of drug-likeness (QED) is 0.796. The van der Waals surface area contributed by atoms with Crippen LogP contribution in [0.5, 0.6) is 0 Å². The number of benzene rings is 1. The standard InChI is InChI=1S/C16H15FN4/c1-10-3-4-12(9-13(10)17)11(2)20-15-6-5-14-16(21-15)19-8-7-18-14/h3-9,11H,1-2H3,(H,19,20,21). The molecule has 0 saturated heterocycles. The zero-order chi connectivity index (χ0) is 14.8. The number of aromatic nitrogens is 3. The first kappa shape index (κ1) is 13.4. The van der Waals surface area contributed by atoms with Crippen molar-refractivity contribution < 1.29 is 4.39 Å². The number of anilines is 1. The molecule has 0 aliphatic heterocycles. The summed E-state index contributed by atoms with van der Waals surface area (Å²) < 4.78 is 13.6.